The van der Waals surface area contributed by atoms with Crippen LogP contribution in [0, 0.1) is 33.5 Å². The van der Waals surface area contributed by atoms with Gasteiger partial charge in [-0.15, -0.1) is 0 Å². The minimum absolute atomic E-state index is 0.0356. The molecule has 0 atom stereocenters. The van der Waals surface area contributed by atoms with Crippen LogP contribution < -0.4 is 14.8 Å². The van der Waals surface area contributed by atoms with Crippen LogP contribution in [0.5, 0.6) is 11.5 Å². The summed E-state index contributed by atoms with van der Waals surface area (Å²) in [6, 6.07) is 25.2. The Morgan fingerprint density at radius 2 is 1.01 bits per heavy atom. The third-order valence-corrected chi connectivity index (χ3v) is 15.9. The Labute approximate surface area is 415 Å². The number of aldehydes is 1. The number of esters is 2. The lowest BCUT2D eigenvalue weighted by molar-refractivity contribution is -0.157. The Balaban J connectivity index is 0.000000191. The maximum absolute atomic E-state index is 12.3. The number of carbonyl (C=O) groups is 3. The average molecular weight is 947 g/mol. The van der Waals surface area contributed by atoms with E-state index in [4.69, 9.17) is 18.9 Å². The van der Waals surface area contributed by atoms with E-state index in [0.29, 0.717) is 41.8 Å². The number of piperidine rings is 2. The van der Waals surface area contributed by atoms with Crippen LogP contribution in [-0.2, 0) is 25.6 Å². The van der Waals surface area contributed by atoms with E-state index >= 15 is 0 Å². The van der Waals surface area contributed by atoms with E-state index in [1.165, 1.54) is 42.0 Å². The number of nitrogens with zero attached hydrogens (tertiary/aromatic N) is 1. The molecule has 69 heavy (non-hydrogen) atoms. The lowest BCUT2D eigenvalue weighted by Crippen LogP contribution is -2.43. The normalized spacial score (nSPS) is 22.8. The van der Waals surface area contributed by atoms with Gasteiger partial charge in [0, 0.05) is 12.1 Å². The van der Waals surface area contributed by atoms with Crippen LogP contribution in [0.3, 0.4) is 0 Å². The van der Waals surface area contributed by atoms with Gasteiger partial charge in [0.05, 0.1) is 36.3 Å². The number of fused-ring (bicyclic) bond motifs is 2. The lowest BCUT2D eigenvalue weighted by atomic mass is 9.72. The molecule has 4 aliphatic rings. The van der Waals surface area contributed by atoms with E-state index in [1.807, 2.05) is 58.0 Å². The fourth-order valence-corrected chi connectivity index (χ4v) is 10.8. The summed E-state index contributed by atoms with van der Waals surface area (Å²) in [5, 5.41) is 7.93. The highest BCUT2D eigenvalue weighted by Gasteiger charge is 2.39. The molecule has 2 aliphatic heterocycles. The lowest BCUT2D eigenvalue weighted by Gasteiger charge is -2.37. The van der Waals surface area contributed by atoms with Gasteiger partial charge in [-0.3, -0.25) is 19.3 Å². The fourth-order valence-electron chi connectivity index (χ4n) is 10.8. The second kappa shape index (κ2) is 24.1. The highest BCUT2D eigenvalue weighted by molar-refractivity contribution is 5.89. The average Bonchev–Trinajstić information content (AvgIpc) is 3.33. The van der Waals surface area contributed by atoms with Gasteiger partial charge in [-0.2, -0.15) is 0 Å². The highest BCUT2D eigenvalue weighted by Crippen LogP contribution is 2.41. The summed E-state index contributed by atoms with van der Waals surface area (Å²) in [5.41, 5.74) is 2.28. The van der Waals surface area contributed by atoms with Crippen LogP contribution in [0.2, 0.25) is 0 Å². The molecule has 8 rings (SSSR count). The minimum Gasteiger partial charge on any atom is -0.490 e. The van der Waals surface area contributed by atoms with Crippen molar-refractivity contribution in [1.82, 2.24) is 10.2 Å². The molecular weight excluding hydrogens is 861 g/mol. The van der Waals surface area contributed by atoms with Gasteiger partial charge < -0.3 is 24.3 Å². The molecule has 4 aromatic rings. The molecule has 0 bridgehead atoms. The zero-order chi connectivity index (χ0) is 49.8. The molecule has 4 fully saturated rings. The third kappa shape index (κ3) is 15.3. The first kappa shape index (κ1) is 53.9. The number of rotatable bonds is 11. The summed E-state index contributed by atoms with van der Waals surface area (Å²) in [7, 11) is 0. The van der Waals surface area contributed by atoms with Crippen LogP contribution in [0.15, 0.2) is 72.8 Å². The first-order chi connectivity index (χ1) is 32.8. The fraction of sp³-hybridized carbons (Fsp3) is 0.617. The molecular formula is C60H86N2O7. The minimum atomic E-state index is -0.335. The Hall–Kier alpha value is -4.47. The molecule has 378 valence electrons. The molecule has 2 saturated heterocycles. The van der Waals surface area contributed by atoms with Crippen molar-refractivity contribution >= 4 is 39.8 Å². The van der Waals surface area contributed by atoms with E-state index < -0.39 is 0 Å². The second-order valence-electron chi connectivity index (χ2n) is 23.2. The molecule has 4 aromatic carbocycles. The van der Waals surface area contributed by atoms with Crippen molar-refractivity contribution in [2.45, 2.75) is 165 Å². The topological polar surface area (TPSA) is 103 Å². The van der Waals surface area contributed by atoms with Crippen molar-refractivity contribution in [3.8, 4) is 11.5 Å². The van der Waals surface area contributed by atoms with Gasteiger partial charge >= 0.3 is 11.9 Å². The van der Waals surface area contributed by atoms with Crippen molar-refractivity contribution in [3.05, 3.63) is 83.9 Å². The van der Waals surface area contributed by atoms with Crippen LogP contribution in [0.25, 0.3) is 21.5 Å². The molecule has 0 unspecified atom stereocenters. The summed E-state index contributed by atoms with van der Waals surface area (Å²) in [6.07, 6.45) is 14.7. The number of likely N-dealkylation sites (tertiary alicyclic amines) is 1. The van der Waals surface area contributed by atoms with Crippen LogP contribution in [0.4, 0.5) is 0 Å². The molecule has 2 saturated carbocycles. The number of benzene rings is 4. The molecule has 0 spiro atoms. The SMILES string of the molecule is CC(C)(C)C1CCC(Oc2ccc3cc(C=O)ccc3c2)CC1.CCOC(=O)C1(C)CCN(Cc2ccc3cc(OC4CCC(C(C)(C)C)CC4)ccc3c2)CC1.CCOC(=O)C1(C)CCNCC1. The summed E-state index contributed by atoms with van der Waals surface area (Å²) in [4.78, 5) is 37.1. The van der Waals surface area contributed by atoms with Gasteiger partial charge in [-0.05, 0) is 217 Å². The molecule has 2 heterocycles. The maximum Gasteiger partial charge on any atom is 0.311 e. The van der Waals surface area contributed by atoms with Crippen molar-refractivity contribution in [3.63, 3.8) is 0 Å². The van der Waals surface area contributed by atoms with Crippen LogP contribution >= 0.6 is 0 Å². The van der Waals surface area contributed by atoms with Crippen molar-refractivity contribution in [1.29, 1.82) is 0 Å². The first-order valence-corrected chi connectivity index (χ1v) is 26.4. The van der Waals surface area contributed by atoms with E-state index in [1.54, 1.807) is 0 Å². The second-order valence-corrected chi connectivity index (χ2v) is 23.2. The molecule has 0 amide bonds. The quantitative estimate of drug-likeness (QED) is 0.116. The largest absolute Gasteiger partial charge is 0.490 e. The van der Waals surface area contributed by atoms with Gasteiger partial charge in [-0.1, -0.05) is 77.9 Å². The molecule has 0 radical (unpaired) electrons. The molecule has 1 N–H and O–H groups in total. The number of carbonyl (C=O) groups excluding carboxylic acids is 3. The van der Waals surface area contributed by atoms with E-state index in [9.17, 15) is 14.4 Å². The van der Waals surface area contributed by atoms with Crippen molar-refractivity contribution in [2.75, 3.05) is 39.4 Å². The van der Waals surface area contributed by atoms with Gasteiger partial charge in [-0.25, -0.2) is 0 Å². The first-order valence-electron chi connectivity index (χ1n) is 26.4. The Kier molecular flexibility index (Phi) is 18.8. The third-order valence-electron chi connectivity index (χ3n) is 15.9. The molecule has 0 aromatic heterocycles. The van der Waals surface area contributed by atoms with Gasteiger partial charge in [0.25, 0.3) is 0 Å². The monoisotopic (exact) mass is 947 g/mol. The molecule has 9 nitrogen and oxygen atoms in total. The Morgan fingerprint density at radius 3 is 1.46 bits per heavy atom. The summed E-state index contributed by atoms with van der Waals surface area (Å²) in [5.74, 6) is 3.47. The van der Waals surface area contributed by atoms with Crippen molar-refractivity contribution in [2.24, 2.45) is 33.5 Å². The zero-order valence-electron chi connectivity index (χ0n) is 44.1. The van der Waals surface area contributed by atoms with Crippen LogP contribution in [0.1, 0.15) is 162 Å². The van der Waals surface area contributed by atoms with Gasteiger partial charge in [0.2, 0.25) is 0 Å². The summed E-state index contributed by atoms with van der Waals surface area (Å²) >= 11 is 0. The summed E-state index contributed by atoms with van der Waals surface area (Å²) in [6.45, 7) is 27.5. The van der Waals surface area contributed by atoms with Gasteiger partial charge in [0.15, 0.2) is 0 Å². The Morgan fingerprint density at radius 1 is 0.594 bits per heavy atom. The van der Waals surface area contributed by atoms with Crippen molar-refractivity contribution < 1.29 is 33.3 Å². The van der Waals surface area contributed by atoms with E-state index in [-0.39, 0.29) is 22.8 Å². The predicted octanol–water partition coefficient (Wildman–Crippen LogP) is 13.6. The predicted molar refractivity (Wildman–Crippen MR) is 281 cm³/mol. The van der Waals surface area contributed by atoms with E-state index in [0.717, 1.165) is 124 Å². The van der Waals surface area contributed by atoms with E-state index in [2.05, 4.69) is 94.2 Å². The maximum atomic E-state index is 12.3. The molecule has 2 aliphatic carbocycles. The van der Waals surface area contributed by atoms with Crippen LogP contribution in [-0.4, -0.2) is 74.7 Å². The van der Waals surface area contributed by atoms with Gasteiger partial charge in [0.1, 0.15) is 17.8 Å². The number of ether oxygens (including phenoxy) is 4. The standard InChI is InChI=1S/C30H43NO3.C21H26O2.C9H17NO2/c1-6-33-28(32)30(5)15-17-31(18-16-30)21-22-7-8-24-20-27(12-9-23(24)19-22)34-26-13-10-25(11-14-26)29(2,3)4;1-21(2,3)18-7-10-19(11-8-18)23-20-9-6-16-12-15(14-22)4-5-17(16)13-20;1-3-12-8(11)9(2)4-6-10-7-5-9/h7-9,12,19-20,25-26H,6,10-11,13-18,21H2,1-5H3;4-6,9,12-14,18-19H,7-8,10-11H2,1-3H3;10H,3-7H2,1-2H3. The number of nitrogens with one attached hydrogen (secondary N) is 1. The smallest absolute Gasteiger partial charge is 0.311 e. The summed E-state index contributed by atoms with van der Waals surface area (Å²) < 4.78 is 22.9. The zero-order valence-corrected chi connectivity index (χ0v) is 44.1. The number of hydrogen-bond acceptors (Lipinski definition) is 9. The highest BCUT2D eigenvalue weighted by atomic mass is 16.5. The molecule has 9 heteroatoms. The number of hydrogen-bond donors (Lipinski definition) is 1. The Bertz CT molecular complexity index is 2280.